The molecule has 0 N–H and O–H groups in total. The second-order valence-corrected chi connectivity index (χ2v) is 7.67. The van der Waals surface area contributed by atoms with Crippen LogP contribution in [0.1, 0.15) is 49.9 Å². The minimum absolute atomic E-state index is 0.132. The number of hydrogen-bond acceptors (Lipinski definition) is 6. The Kier molecular flexibility index (Phi) is 6.48. The number of carbonyl (C=O) groups is 1. The maximum Gasteiger partial charge on any atom is 0.280 e. The molecular formula is C22H25F2N5O3. The maximum atomic E-state index is 13.5. The third kappa shape index (κ3) is 4.35. The fourth-order valence-corrected chi connectivity index (χ4v) is 4.02. The van der Waals surface area contributed by atoms with Gasteiger partial charge in [0.1, 0.15) is 12.0 Å². The maximum absolute atomic E-state index is 13.5. The van der Waals surface area contributed by atoms with Crippen molar-refractivity contribution in [3.05, 3.63) is 48.0 Å². The molecular weight excluding hydrogens is 420 g/mol. The minimum Gasteiger partial charge on any atom is -0.493 e. The first-order valence-electron chi connectivity index (χ1n) is 10.6. The summed E-state index contributed by atoms with van der Waals surface area (Å²) < 4.78 is 39.4. The van der Waals surface area contributed by atoms with Crippen molar-refractivity contribution >= 4 is 11.7 Å². The molecule has 170 valence electrons. The molecule has 32 heavy (non-hydrogen) atoms. The zero-order valence-electron chi connectivity index (χ0n) is 17.9. The molecule has 3 heterocycles. The summed E-state index contributed by atoms with van der Waals surface area (Å²) in [6.07, 6.45) is -0.207. The lowest BCUT2D eigenvalue weighted by Gasteiger charge is -2.34. The van der Waals surface area contributed by atoms with Gasteiger partial charge in [0.25, 0.3) is 18.1 Å². The SMILES string of the molecule is CC[C@H](Oc1ccccc1OC)C(=O)N1CCC[C@@H](c2cc(C(F)F)n3ncnc3n2)C1. The van der Waals surface area contributed by atoms with Crippen molar-refractivity contribution in [1.82, 2.24) is 24.5 Å². The highest BCUT2D eigenvalue weighted by atomic mass is 19.3. The van der Waals surface area contributed by atoms with Crippen molar-refractivity contribution in [2.45, 2.75) is 44.6 Å². The zero-order valence-corrected chi connectivity index (χ0v) is 17.9. The molecule has 1 aliphatic heterocycles. The Labute approximate surface area is 184 Å². The number of halogens is 2. The number of para-hydroxylation sites is 2. The number of ether oxygens (including phenoxy) is 2. The number of likely N-dealkylation sites (tertiary alicyclic amines) is 1. The predicted molar refractivity (Wildman–Crippen MR) is 112 cm³/mol. The van der Waals surface area contributed by atoms with Gasteiger partial charge in [-0.2, -0.15) is 14.6 Å². The van der Waals surface area contributed by atoms with Crippen molar-refractivity contribution in [3.8, 4) is 11.5 Å². The summed E-state index contributed by atoms with van der Waals surface area (Å²) in [5, 5.41) is 3.83. The molecule has 0 radical (unpaired) electrons. The largest absolute Gasteiger partial charge is 0.493 e. The predicted octanol–water partition coefficient (Wildman–Crippen LogP) is 3.63. The van der Waals surface area contributed by atoms with Crippen LogP contribution in [0.5, 0.6) is 11.5 Å². The van der Waals surface area contributed by atoms with Crippen LogP contribution in [-0.4, -0.2) is 56.7 Å². The van der Waals surface area contributed by atoms with Crippen LogP contribution >= 0.6 is 0 Å². The Morgan fingerprint density at radius 1 is 1.28 bits per heavy atom. The van der Waals surface area contributed by atoms with Crippen molar-refractivity contribution in [1.29, 1.82) is 0 Å². The van der Waals surface area contributed by atoms with E-state index < -0.39 is 12.5 Å². The summed E-state index contributed by atoms with van der Waals surface area (Å²) >= 11 is 0. The van der Waals surface area contributed by atoms with E-state index in [1.165, 1.54) is 12.4 Å². The van der Waals surface area contributed by atoms with Crippen LogP contribution in [0.25, 0.3) is 5.78 Å². The van der Waals surface area contributed by atoms with E-state index in [-0.39, 0.29) is 23.3 Å². The standard InChI is InChI=1S/C22H25F2N5O3/c1-3-17(32-19-9-5-4-8-18(19)31-2)21(30)28-10-6-7-14(12-28)15-11-16(20(23)24)29-22(27-15)25-13-26-29/h4-5,8-9,11,13-14,17,20H,3,6-7,10,12H2,1-2H3/t14-,17+/m1/s1. The summed E-state index contributed by atoms with van der Waals surface area (Å²) in [4.78, 5) is 23.4. The van der Waals surface area contributed by atoms with Gasteiger partial charge in [-0.15, -0.1) is 0 Å². The van der Waals surface area contributed by atoms with Gasteiger partial charge in [0.15, 0.2) is 17.6 Å². The molecule has 2 aromatic heterocycles. The molecule has 0 unspecified atom stereocenters. The lowest BCUT2D eigenvalue weighted by atomic mass is 9.93. The highest BCUT2D eigenvalue weighted by molar-refractivity contribution is 5.81. The van der Waals surface area contributed by atoms with Crippen LogP contribution in [-0.2, 0) is 4.79 Å². The number of nitrogens with zero attached hydrogens (tertiary/aromatic N) is 5. The Morgan fingerprint density at radius 2 is 2.06 bits per heavy atom. The van der Waals surface area contributed by atoms with Gasteiger partial charge >= 0.3 is 0 Å². The molecule has 0 aliphatic carbocycles. The summed E-state index contributed by atoms with van der Waals surface area (Å²) in [5.41, 5.74) is 0.244. The van der Waals surface area contributed by atoms with Crippen LogP contribution in [0.2, 0.25) is 0 Å². The first-order valence-corrected chi connectivity index (χ1v) is 10.6. The van der Waals surface area contributed by atoms with Crippen LogP contribution in [0.3, 0.4) is 0 Å². The van der Waals surface area contributed by atoms with Gasteiger partial charge < -0.3 is 14.4 Å². The lowest BCUT2D eigenvalue weighted by molar-refractivity contribution is -0.140. The van der Waals surface area contributed by atoms with Gasteiger partial charge in [-0.3, -0.25) is 4.79 Å². The van der Waals surface area contributed by atoms with Crippen molar-refractivity contribution < 1.29 is 23.0 Å². The summed E-state index contributed by atoms with van der Waals surface area (Å²) in [7, 11) is 1.55. The molecule has 1 aromatic carbocycles. The van der Waals surface area contributed by atoms with Crippen molar-refractivity contribution in [2.24, 2.45) is 0 Å². The van der Waals surface area contributed by atoms with Crippen LogP contribution < -0.4 is 9.47 Å². The van der Waals surface area contributed by atoms with Gasteiger partial charge in [-0.25, -0.2) is 13.8 Å². The van der Waals surface area contributed by atoms with E-state index in [0.717, 1.165) is 17.4 Å². The Balaban J connectivity index is 1.53. The monoisotopic (exact) mass is 445 g/mol. The van der Waals surface area contributed by atoms with Crippen molar-refractivity contribution in [2.75, 3.05) is 20.2 Å². The van der Waals surface area contributed by atoms with E-state index in [0.29, 0.717) is 36.7 Å². The Bertz CT molecular complexity index is 1090. The number of fused-ring (bicyclic) bond motifs is 1. The molecule has 0 saturated carbocycles. The van der Waals surface area contributed by atoms with Crippen LogP contribution in [0.4, 0.5) is 8.78 Å². The first-order chi connectivity index (χ1) is 15.5. The topological polar surface area (TPSA) is 81.9 Å². The van der Waals surface area contributed by atoms with Crippen molar-refractivity contribution in [3.63, 3.8) is 0 Å². The first kappa shape index (κ1) is 21.9. The average molecular weight is 445 g/mol. The van der Waals surface area contributed by atoms with E-state index in [1.807, 2.05) is 19.1 Å². The summed E-state index contributed by atoms with van der Waals surface area (Å²) in [5.74, 6) is 0.883. The molecule has 4 rings (SSSR count). The number of benzene rings is 1. The number of rotatable bonds is 7. The summed E-state index contributed by atoms with van der Waals surface area (Å²) in [6.45, 7) is 2.84. The number of hydrogen-bond donors (Lipinski definition) is 0. The molecule has 0 bridgehead atoms. The van der Waals surface area contributed by atoms with Gasteiger partial charge in [-0.1, -0.05) is 19.1 Å². The number of aromatic nitrogens is 4. The molecule has 1 saturated heterocycles. The Morgan fingerprint density at radius 3 is 2.78 bits per heavy atom. The molecule has 1 fully saturated rings. The van der Waals surface area contributed by atoms with E-state index in [2.05, 4.69) is 15.1 Å². The number of amides is 1. The molecule has 0 spiro atoms. The van der Waals surface area contributed by atoms with Crippen LogP contribution in [0.15, 0.2) is 36.7 Å². The number of piperidine rings is 1. The quantitative estimate of drug-likeness (QED) is 0.552. The number of methoxy groups -OCH3 is 1. The third-order valence-electron chi connectivity index (χ3n) is 5.66. The number of carbonyl (C=O) groups excluding carboxylic acids is 1. The van der Waals surface area contributed by atoms with E-state index in [9.17, 15) is 13.6 Å². The number of alkyl halides is 2. The normalized spacial score (nSPS) is 17.5. The van der Waals surface area contributed by atoms with Gasteiger partial charge in [-0.05, 0) is 37.5 Å². The Hall–Kier alpha value is -3.30. The molecule has 2 atom stereocenters. The molecule has 1 amide bonds. The molecule has 1 aliphatic rings. The van der Waals surface area contributed by atoms with Gasteiger partial charge in [0, 0.05) is 19.0 Å². The highest BCUT2D eigenvalue weighted by Crippen LogP contribution is 2.31. The third-order valence-corrected chi connectivity index (χ3v) is 5.66. The minimum atomic E-state index is -2.71. The molecule has 8 nitrogen and oxygen atoms in total. The van der Waals surface area contributed by atoms with E-state index >= 15 is 0 Å². The summed E-state index contributed by atoms with van der Waals surface area (Å²) in [6, 6.07) is 8.55. The lowest BCUT2D eigenvalue weighted by Crippen LogP contribution is -2.46. The average Bonchev–Trinajstić information content (AvgIpc) is 3.30. The second kappa shape index (κ2) is 9.46. The fraction of sp³-hybridized carbons (Fsp3) is 0.455. The van der Waals surface area contributed by atoms with E-state index in [4.69, 9.17) is 9.47 Å². The van der Waals surface area contributed by atoms with Crippen LogP contribution in [0, 0.1) is 0 Å². The van der Waals surface area contributed by atoms with Gasteiger partial charge in [0.2, 0.25) is 0 Å². The molecule has 3 aromatic rings. The van der Waals surface area contributed by atoms with E-state index in [1.54, 1.807) is 24.1 Å². The fourth-order valence-electron chi connectivity index (χ4n) is 4.02. The zero-order chi connectivity index (χ0) is 22.7. The molecule has 10 heteroatoms. The highest BCUT2D eigenvalue weighted by Gasteiger charge is 2.32. The van der Waals surface area contributed by atoms with Gasteiger partial charge in [0.05, 0.1) is 12.8 Å². The second-order valence-electron chi connectivity index (χ2n) is 7.67. The smallest absolute Gasteiger partial charge is 0.280 e.